The van der Waals surface area contributed by atoms with Crippen LogP contribution in [0.25, 0.3) is 17.0 Å². The zero-order valence-electron chi connectivity index (χ0n) is 26.3. The minimum Gasteiger partial charge on any atom is -0.391 e. The number of aromatic amines is 1. The fraction of sp³-hybridized carbons (Fsp3) is 0.514. The normalized spacial score (nSPS) is 20.6. The Hall–Kier alpha value is -3.89. The van der Waals surface area contributed by atoms with E-state index >= 15 is 0 Å². The number of nitrogens with zero attached hydrogens (tertiary/aromatic N) is 3. The van der Waals surface area contributed by atoms with E-state index < -0.39 is 11.9 Å². The largest absolute Gasteiger partial charge is 0.439 e. The summed E-state index contributed by atoms with van der Waals surface area (Å²) in [6, 6.07) is 7.77. The van der Waals surface area contributed by atoms with Gasteiger partial charge in [-0.25, -0.2) is 9.78 Å². The zero-order valence-corrected chi connectivity index (χ0v) is 26.3. The number of rotatable bonds is 14. The molecule has 3 N–H and O–H groups in total. The molecule has 1 saturated carbocycles. The first-order chi connectivity index (χ1) is 21.9. The number of aryl methyl sites for hydroxylation is 1. The molecule has 0 amide bonds. The minimum absolute atomic E-state index is 0.0164. The second-order valence-corrected chi connectivity index (χ2v) is 12.2. The summed E-state index contributed by atoms with van der Waals surface area (Å²) in [6.45, 7) is 4.43. The first-order valence-corrected chi connectivity index (χ1v) is 16.4. The summed E-state index contributed by atoms with van der Waals surface area (Å²) >= 11 is 0. The van der Waals surface area contributed by atoms with Crippen LogP contribution in [0.4, 0.5) is 0 Å². The second-order valence-electron chi connectivity index (χ2n) is 12.2. The molecule has 2 aliphatic carbocycles. The first kappa shape index (κ1) is 32.5. The number of hydrogen-bond acceptors (Lipinski definition) is 8. The Morgan fingerprint density at radius 3 is 2.60 bits per heavy atom. The number of aliphatic hydroxyl groups is 1. The lowest BCUT2D eigenvalue weighted by atomic mass is 9.86. The van der Waals surface area contributed by atoms with Gasteiger partial charge in [0.15, 0.2) is 5.82 Å². The average Bonchev–Trinajstić information content (AvgIpc) is 3.51. The van der Waals surface area contributed by atoms with Gasteiger partial charge in [-0.1, -0.05) is 67.9 Å². The van der Waals surface area contributed by atoms with Crippen molar-refractivity contribution in [2.24, 2.45) is 5.92 Å². The van der Waals surface area contributed by atoms with Gasteiger partial charge in [-0.05, 0) is 74.8 Å². The molecule has 0 spiro atoms. The highest BCUT2D eigenvalue weighted by atomic mass is 16.5. The third-order valence-corrected chi connectivity index (χ3v) is 9.01. The van der Waals surface area contributed by atoms with Crippen LogP contribution in [-0.2, 0) is 24.0 Å². The molecule has 2 heterocycles. The van der Waals surface area contributed by atoms with Crippen LogP contribution < -0.4 is 11.3 Å². The zero-order chi connectivity index (χ0) is 31.8. The number of nitrogens with one attached hydrogen (secondary N) is 2. The van der Waals surface area contributed by atoms with E-state index in [0.717, 1.165) is 79.3 Å². The maximum Gasteiger partial charge on any atom is 0.439 e. The molecule has 1 fully saturated rings. The molecule has 2 unspecified atom stereocenters. The lowest BCUT2D eigenvalue weighted by molar-refractivity contribution is -0.0296. The molecule has 2 aromatic heterocycles. The quantitative estimate of drug-likeness (QED) is 0.200. The number of aromatic nitrogens is 4. The highest BCUT2D eigenvalue weighted by Gasteiger charge is 2.28. The fourth-order valence-corrected chi connectivity index (χ4v) is 6.43. The molecule has 0 bridgehead atoms. The van der Waals surface area contributed by atoms with E-state index in [0.29, 0.717) is 37.5 Å². The Labute approximate surface area is 263 Å². The van der Waals surface area contributed by atoms with E-state index in [-0.39, 0.29) is 23.6 Å². The Morgan fingerprint density at radius 1 is 1.18 bits per heavy atom. The van der Waals surface area contributed by atoms with Crippen molar-refractivity contribution in [3.8, 4) is 11.4 Å². The van der Waals surface area contributed by atoms with Crippen LogP contribution in [0.15, 0.2) is 56.6 Å². The highest BCUT2D eigenvalue weighted by Crippen LogP contribution is 2.33. The molecule has 2 aliphatic rings. The van der Waals surface area contributed by atoms with E-state index in [9.17, 15) is 14.7 Å². The molecule has 5 rings (SSSR count). The smallest absolute Gasteiger partial charge is 0.391 e. The van der Waals surface area contributed by atoms with Crippen molar-refractivity contribution in [2.45, 2.75) is 103 Å². The second kappa shape index (κ2) is 15.4. The minimum atomic E-state index is -0.592. The summed E-state index contributed by atoms with van der Waals surface area (Å²) in [5.41, 5.74) is 4.44. The van der Waals surface area contributed by atoms with Crippen LogP contribution in [0, 0.1) is 11.3 Å². The first-order valence-electron chi connectivity index (χ1n) is 16.4. The van der Waals surface area contributed by atoms with Crippen molar-refractivity contribution in [2.75, 3.05) is 6.61 Å². The molecule has 3 aromatic rings. The number of unbranched alkanes of at least 4 members (excludes halogenated alkanes) is 1. The van der Waals surface area contributed by atoms with Gasteiger partial charge in [0, 0.05) is 29.8 Å². The van der Waals surface area contributed by atoms with E-state index in [2.05, 4.69) is 35.3 Å². The van der Waals surface area contributed by atoms with Gasteiger partial charge in [-0.2, -0.15) is 0 Å². The summed E-state index contributed by atoms with van der Waals surface area (Å²) < 4.78 is 12.6. The predicted molar refractivity (Wildman–Crippen MR) is 175 cm³/mol. The van der Waals surface area contributed by atoms with E-state index in [1.165, 1.54) is 6.21 Å². The molecule has 0 aliphatic heterocycles. The summed E-state index contributed by atoms with van der Waals surface area (Å²) in [6.07, 6.45) is 15.7. The van der Waals surface area contributed by atoms with Gasteiger partial charge in [-0.3, -0.25) is 18.9 Å². The van der Waals surface area contributed by atoms with Crippen LogP contribution in [0.3, 0.4) is 0 Å². The maximum atomic E-state index is 14.3. The van der Waals surface area contributed by atoms with Crippen molar-refractivity contribution >= 4 is 11.8 Å². The topological polar surface area (TPSA) is 147 Å². The van der Waals surface area contributed by atoms with Gasteiger partial charge >= 0.3 is 5.76 Å². The van der Waals surface area contributed by atoms with E-state index in [1.807, 2.05) is 35.8 Å². The van der Waals surface area contributed by atoms with Crippen molar-refractivity contribution < 1.29 is 14.4 Å². The fourth-order valence-electron chi connectivity index (χ4n) is 6.43. The molecule has 45 heavy (non-hydrogen) atoms. The van der Waals surface area contributed by atoms with Gasteiger partial charge in [0.25, 0.3) is 5.56 Å². The molecule has 0 radical (unpaired) electrons. The molecule has 240 valence electrons. The lowest BCUT2D eigenvalue weighted by Gasteiger charge is -2.32. The number of hydrogen-bond donors (Lipinski definition) is 3. The van der Waals surface area contributed by atoms with Crippen molar-refractivity contribution in [3.63, 3.8) is 0 Å². The standard InChI is InChI=1S/C35H45N5O5/c1-3-5-10-31-30(21-23-11-13-24(14-12-23)28-8-6-7-9-29(28)33-38-35(43)45-39-33)34(42)40(32(37-31)19-20-36)25-15-17-27(18-16-25)44-22-26(41)4-2/h6-9,11,13-14,20,23,25-27,36,41H,3-5,10,12,15-19,21-22H2,1-2H3,(H,38,39,43). The van der Waals surface area contributed by atoms with Crippen LogP contribution in [-0.4, -0.2) is 49.8 Å². The summed E-state index contributed by atoms with van der Waals surface area (Å²) in [7, 11) is 0. The SMILES string of the molecule is CCCCc1nc(CC=N)n(C2CCC(OCC(O)CC)CC2)c(=O)c1CC1C=CC(c2ccccc2-c2noc(=O)[nH]2)=CC1. The molecule has 10 nitrogen and oxygen atoms in total. The molecular weight excluding hydrogens is 570 g/mol. The predicted octanol–water partition coefficient (Wildman–Crippen LogP) is 5.59. The molecular formula is C35H45N5O5. The number of ether oxygens (including phenoxy) is 1. The number of benzene rings is 1. The van der Waals surface area contributed by atoms with Crippen molar-refractivity contribution in [1.29, 1.82) is 5.41 Å². The maximum absolute atomic E-state index is 14.3. The van der Waals surface area contributed by atoms with Crippen molar-refractivity contribution in [3.05, 3.63) is 86.0 Å². The summed E-state index contributed by atoms with van der Waals surface area (Å²) in [4.78, 5) is 33.6. The van der Waals surface area contributed by atoms with Crippen molar-refractivity contribution in [1.82, 2.24) is 19.7 Å². The van der Waals surface area contributed by atoms with Gasteiger partial charge < -0.3 is 15.3 Å². The third kappa shape index (κ3) is 7.86. The van der Waals surface area contributed by atoms with Gasteiger partial charge in [0.2, 0.25) is 0 Å². The Kier molecular flexibility index (Phi) is 11.1. The average molecular weight is 616 g/mol. The Morgan fingerprint density at radius 2 is 1.96 bits per heavy atom. The summed E-state index contributed by atoms with van der Waals surface area (Å²) in [5.74, 6) is 0.618. The van der Waals surface area contributed by atoms with Gasteiger partial charge in [0.05, 0.1) is 24.5 Å². The van der Waals surface area contributed by atoms with Crippen LogP contribution >= 0.6 is 0 Å². The summed E-state index contributed by atoms with van der Waals surface area (Å²) in [5, 5.41) is 21.6. The molecule has 0 saturated heterocycles. The molecule has 10 heteroatoms. The number of allylic oxidation sites excluding steroid dienone is 4. The van der Waals surface area contributed by atoms with Crippen LogP contribution in [0.1, 0.15) is 93.9 Å². The Balaban J connectivity index is 1.38. The van der Waals surface area contributed by atoms with Crippen LogP contribution in [0.5, 0.6) is 0 Å². The van der Waals surface area contributed by atoms with E-state index in [1.54, 1.807) is 0 Å². The number of aliphatic hydroxyl groups excluding tert-OH is 1. The number of H-pyrrole nitrogens is 1. The van der Waals surface area contributed by atoms with Gasteiger partial charge in [0.1, 0.15) is 5.82 Å². The Bertz CT molecular complexity index is 1630. The highest BCUT2D eigenvalue weighted by molar-refractivity contribution is 5.84. The van der Waals surface area contributed by atoms with Crippen LogP contribution in [0.2, 0.25) is 0 Å². The van der Waals surface area contributed by atoms with Gasteiger partial charge in [-0.15, -0.1) is 0 Å². The lowest BCUT2D eigenvalue weighted by Crippen LogP contribution is -2.37. The molecule has 1 aromatic carbocycles. The molecule has 2 atom stereocenters. The third-order valence-electron chi connectivity index (χ3n) is 9.01. The monoisotopic (exact) mass is 615 g/mol. The van der Waals surface area contributed by atoms with E-state index in [4.69, 9.17) is 19.7 Å².